The van der Waals surface area contributed by atoms with Crippen molar-refractivity contribution in [2.75, 3.05) is 6.54 Å². The van der Waals surface area contributed by atoms with Crippen molar-refractivity contribution >= 4 is 5.91 Å². The molecule has 0 spiro atoms. The summed E-state index contributed by atoms with van der Waals surface area (Å²) in [5.74, 6) is 0.270. The van der Waals surface area contributed by atoms with Crippen LogP contribution in [0.15, 0.2) is 18.2 Å². The zero-order chi connectivity index (χ0) is 14.8. The SMILES string of the molecule is Cc1ccc(C2NCC(=O)N2C2CCCCCC2)c(C)c1. The second kappa shape index (κ2) is 6.18. The lowest BCUT2D eigenvalue weighted by Gasteiger charge is -2.33. The van der Waals surface area contributed by atoms with Gasteiger partial charge in [0.1, 0.15) is 6.17 Å². The molecule has 3 nitrogen and oxygen atoms in total. The van der Waals surface area contributed by atoms with Crippen LogP contribution in [0.5, 0.6) is 0 Å². The molecule has 1 N–H and O–H groups in total. The predicted molar refractivity (Wildman–Crippen MR) is 85.0 cm³/mol. The number of amides is 1. The molecule has 1 aliphatic carbocycles. The molecule has 1 heterocycles. The smallest absolute Gasteiger partial charge is 0.238 e. The lowest BCUT2D eigenvalue weighted by molar-refractivity contribution is -0.130. The largest absolute Gasteiger partial charge is 0.319 e. The first-order chi connectivity index (χ1) is 10.2. The number of hydrogen-bond acceptors (Lipinski definition) is 2. The average Bonchev–Trinajstić information content (AvgIpc) is 2.67. The van der Waals surface area contributed by atoms with E-state index in [2.05, 4.69) is 42.3 Å². The minimum atomic E-state index is 0.0706. The Hall–Kier alpha value is -1.35. The quantitative estimate of drug-likeness (QED) is 0.844. The summed E-state index contributed by atoms with van der Waals surface area (Å²) in [6.45, 7) is 4.75. The van der Waals surface area contributed by atoms with Crippen molar-refractivity contribution in [3.63, 3.8) is 0 Å². The van der Waals surface area contributed by atoms with Crippen LogP contribution in [-0.2, 0) is 4.79 Å². The minimum absolute atomic E-state index is 0.0706. The van der Waals surface area contributed by atoms with Crippen LogP contribution in [0.25, 0.3) is 0 Å². The van der Waals surface area contributed by atoms with Gasteiger partial charge in [0.05, 0.1) is 6.54 Å². The van der Waals surface area contributed by atoms with E-state index in [1.54, 1.807) is 0 Å². The average molecular weight is 286 g/mol. The highest BCUT2D eigenvalue weighted by atomic mass is 16.2. The third kappa shape index (κ3) is 2.98. The van der Waals surface area contributed by atoms with Gasteiger partial charge in [-0.25, -0.2) is 0 Å². The van der Waals surface area contributed by atoms with Crippen molar-refractivity contribution in [2.24, 2.45) is 0 Å². The van der Waals surface area contributed by atoms with Gasteiger partial charge in [0.25, 0.3) is 0 Å². The third-order valence-corrected chi connectivity index (χ3v) is 4.95. The molecule has 1 amide bonds. The van der Waals surface area contributed by atoms with Gasteiger partial charge in [-0.3, -0.25) is 10.1 Å². The van der Waals surface area contributed by atoms with E-state index < -0.39 is 0 Å². The summed E-state index contributed by atoms with van der Waals surface area (Å²) in [7, 11) is 0. The van der Waals surface area contributed by atoms with Gasteiger partial charge in [-0.1, -0.05) is 49.4 Å². The summed E-state index contributed by atoms with van der Waals surface area (Å²) in [4.78, 5) is 14.6. The molecule has 1 aromatic carbocycles. The molecule has 0 bridgehead atoms. The second-order valence-electron chi connectivity index (χ2n) is 6.59. The molecule has 1 saturated carbocycles. The van der Waals surface area contributed by atoms with Crippen LogP contribution in [0.3, 0.4) is 0 Å². The molecule has 1 atom stereocenters. The number of carbonyl (C=O) groups excluding carboxylic acids is 1. The standard InChI is InChI=1S/C18H26N2O/c1-13-9-10-16(14(2)11-13)18-19-12-17(21)20(18)15-7-5-3-4-6-8-15/h9-11,15,18-19H,3-8,12H2,1-2H3. The molecule has 1 saturated heterocycles. The van der Waals surface area contributed by atoms with Crippen molar-refractivity contribution in [3.05, 3.63) is 34.9 Å². The summed E-state index contributed by atoms with van der Waals surface area (Å²) in [5.41, 5.74) is 3.82. The highest BCUT2D eigenvalue weighted by molar-refractivity contribution is 5.81. The van der Waals surface area contributed by atoms with Gasteiger partial charge in [-0.15, -0.1) is 0 Å². The van der Waals surface area contributed by atoms with Crippen molar-refractivity contribution in [1.82, 2.24) is 10.2 Å². The van der Waals surface area contributed by atoms with Crippen LogP contribution in [0, 0.1) is 13.8 Å². The lowest BCUT2D eigenvalue weighted by atomic mass is 10.0. The Kier molecular flexibility index (Phi) is 4.29. The van der Waals surface area contributed by atoms with Crippen molar-refractivity contribution in [1.29, 1.82) is 0 Å². The molecule has 2 fully saturated rings. The maximum Gasteiger partial charge on any atom is 0.238 e. The normalized spacial score (nSPS) is 24.4. The fraction of sp³-hybridized carbons (Fsp3) is 0.611. The molecule has 1 aromatic rings. The number of nitrogens with zero attached hydrogens (tertiary/aromatic N) is 1. The van der Waals surface area contributed by atoms with E-state index in [9.17, 15) is 4.79 Å². The highest BCUT2D eigenvalue weighted by Gasteiger charge is 2.37. The van der Waals surface area contributed by atoms with Crippen molar-refractivity contribution in [2.45, 2.75) is 64.6 Å². The predicted octanol–water partition coefficient (Wildman–Crippen LogP) is 3.46. The molecule has 3 rings (SSSR count). The van der Waals surface area contributed by atoms with Gasteiger partial charge in [-0.2, -0.15) is 0 Å². The zero-order valence-corrected chi connectivity index (χ0v) is 13.2. The van der Waals surface area contributed by atoms with Crippen LogP contribution in [0.2, 0.25) is 0 Å². The molecule has 1 unspecified atom stereocenters. The van der Waals surface area contributed by atoms with Gasteiger partial charge >= 0.3 is 0 Å². The first-order valence-corrected chi connectivity index (χ1v) is 8.28. The van der Waals surface area contributed by atoms with E-state index in [4.69, 9.17) is 0 Å². The number of aryl methyl sites for hydroxylation is 2. The fourth-order valence-corrected chi connectivity index (χ4v) is 3.86. The van der Waals surface area contributed by atoms with Gasteiger partial charge in [0.15, 0.2) is 0 Å². The zero-order valence-electron chi connectivity index (χ0n) is 13.2. The van der Waals surface area contributed by atoms with Gasteiger partial charge in [0, 0.05) is 6.04 Å². The van der Waals surface area contributed by atoms with Crippen molar-refractivity contribution in [3.8, 4) is 0 Å². The first kappa shape index (κ1) is 14.6. The molecule has 0 radical (unpaired) electrons. The Morgan fingerprint density at radius 1 is 1.10 bits per heavy atom. The summed E-state index contributed by atoms with van der Waals surface area (Å²) in [6, 6.07) is 6.97. The number of nitrogens with one attached hydrogen (secondary N) is 1. The number of rotatable bonds is 2. The monoisotopic (exact) mass is 286 g/mol. The van der Waals surface area contributed by atoms with Gasteiger partial charge < -0.3 is 4.90 Å². The number of carbonyl (C=O) groups is 1. The number of benzene rings is 1. The molecule has 2 aliphatic rings. The topological polar surface area (TPSA) is 32.3 Å². The van der Waals surface area contributed by atoms with Gasteiger partial charge in [-0.05, 0) is 37.8 Å². The van der Waals surface area contributed by atoms with E-state index in [1.807, 2.05) is 0 Å². The Morgan fingerprint density at radius 2 is 1.81 bits per heavy atom. The summed E-state index contributed by atoms with van der Waals surface area (Å²) < 4.78 is 0. The Balaban J connectivity index is 1.87. The minimum Gasteiger partial charge on any atom is -0.319 e. The van der Waals surface area contributed by atoms with Crippen LogP contribution >= 0.6 is 0 Å². The molecular formula is C18H26N2O. The summed E-state index contributed by atoms with van der Waals surface area (Å²) in [5, 5.41) is 3.43. The molecule has 21 heavy (non-hydrogen) atoms. The molecule has 0 aromatic heterocycles. The van der Waals surface area contributed by atoms with Crippen LogP contribution in [0.4, 0.5) is 0 Å². The summed E-state index contributed by atoms with van der Waals surface area (Å²) >= 11 is 0. The molecule has 3 heteroatoms. The molecule has 1 aliphatic heterocycles. The van der Waals surface area contributed by atoms with E-state index in [0.29, 0.717) is 12.6 Å². The maximum atomic E-state index is 12.4. The van der Waals surface area contributed by atoms with E-state index in [0.717, 1.165) is 12.8 Å². The van der Waals surface area contributed by atoms with Crippen LogP contribution in [0.1, 0.15) is 61.4 Å². The van der Waals surface area contributed by atoms with Crippen molar-refractivity contribution < 1.29 is 4.79 Å². The van der Waals surface area contributed by atoms with E-state index in [-0.39, 0.29) is 12.1 Å². The van der Waals surface area contributed by atoms with E-state index in [1.165, 1.54) is 42.4 Å². The Labute approximate surface area is 127 Å². The Morgan fingerprint density at radius 3 is 2.48 bits per heavy atom. The third-order valence-electron chi connectivity index (χ3n) is 4.95. The molecule has 114 valence electrons. The highest BCUT2D eigenvalue weighted by Crippen LogP contribution is 2.32. The van der Waals surface area contributed by atoms with Crippen LogP contribution < -0.4 is 5.32 Å². The van der Waals surface area contributed by atoms with Gasteiger partial charge in [0.2, 0.25) is 5.91 Å². The molecular weight excluding hydrogens is 260 g/mol. The Bertz CT molecular complexity index is 518. The van der Waals surface area contributed by atoms with Crippen LogP contribution in [-0.4, -0.2) is 23.4 Å². The lowest BCUT2D eigenvalue weighted by Crippen LogP contribution is -2.39. The second-order valence-corrected chi connectivity index (χ2v) is 6.59. The first-order valence-electron chi connectivity index (χ1n) is 8.28. The maximum absolute atomic E-state index is 12.4. The number of hydrogen-bond donors (Lipinski definition) is 1. The fourth-order valence-electron chi connectivity index (χ4n) is 3.86. The van der Waals surface area contributed by atoms with E-state index >= 15 is 0 Å². The summed E-state index contributed by atoms with van der Waals surface area (Å²) in [6.07, 6.45) is 7.55.